The number of amides is 1. The summed E-state index contributed by atoms with van der Waals surface area (Å²) < 4.78 is 24.0. The lowest BCUT2D eigenvalue weighted by molar-refractivity contribution is -0.123. The molecule has 0 unspecified atom stereocenters. The van der Waals surface area contributed by atoms with E-state index in [2.05, 4.69) is 5.32 Å². The Labute approximate surface area is 139 Å². The van der Waals surface area contributed by atoms with Gasteiger partial charge < -0.3 is 14.8 Å². The third-order valence-electron chi connectivity index (χ3n) is 3.19. The van der Waals surface area contributed by atoms with Crippen LogP contribution in [0.15, 0.2) is 48.5 Å². The van der Waals surface area contributed by atoms with Gasteiger partial charge in [0.15, 0.2) is 6.10 Å². The average molecular weight is 331 g/mol. The number of esters is 1. The van der Waals surface area contributed by atoms with E-state index in [0.29, 0.717) is 12.4 Å². The second-order valence-corrected chi connectivity index (χ2v) is 4.95. The normalized spacial score (nSPS) is 11.5. The molecule has 6 heteroatoms. The predicted octanol–water partition coefficient (Wildman–Crippen LogP) is 3.41. The first-order chi connectivity index (χ1) is 11.5. The first kappa shape index (κ1) is 17.5. The van der Waals surface area contributed by atoms with E-state index in [4.69, 9.17) is 9.47 Å². The Bertz CT molecular complexity index is 732. The summed E-state index contributed by atoms with van der Waals surface area (Å²) in [5, 5.41) is 2.38. The molecule has 0 bridgehead atoms. The van der Waals surface area contributed by atoms with Crippen molar-refractivity contribution < 1.29 is 23.5 Å². The van der Waals surface area contributed by atoms with Crippen molar-refractivity contribution >= 4 is 17.6 Å². The van der Waals surface area contributed by atoms with E-state index in [0.717, 1.165) is 0 Å². The van der Waals surface area contributed by atoms with Crippen LogP contribution in [0.4, 0.5) is 10.1 Å². The second-order valence-electron chi connectivity index (χ2n) is 4.95. The van der Waals surface area contributed by atoms with Gasteiger partial charge in [-0.15, -0.1) is 0 Å². The van der Waals surface area contributed by atoms with E-state index >= 15 is 0 Å². The van der Waals surface area contributed by atoms with Gasteiger partial charge in [-0.2, -0.15) is 0 Å². The van der Waals surface area contributed by atoms with Crippen molar-refractivity contribution in [3.8, 4) is 5.75 Å². The first-order valence-corrected chi connectivity index (χ1v) is 7.51. The third-order valence-corrected chi connectivity index (χ3v) is 3.19. The van der Waals surface area contributed by atoms with Gasteiger partial charge in [-0.05, 0) is 38.1 Å². The number of benzene rings is 2. The average Bonchev–Trinajstić information content (AvgIpc) is 2.57. The van der Waals surface area contributed by atoms with Gasteiger partial charge in [0, 0.05) is 0 Å². The smallest absolute Gasteiger partial charge is 0.342 e. The summed E-state index contributed by atoms with van der Waals surface area (Å²) in [7, 11) is 0. The molecule has 2 rings (SSSR count). The van der Waals surface area contributed by atoms with Crippen molar-refractivity contribution in [3.05, 3.63) is 59.9 Å². The molecule has 0 saturated heterocycles. The number of hydrogen-bond acceptors (Lipinski definition) is 4. The van der Waals surface area contributed by atoms with Crippen molar-refractivity contribution in [1.82, 2.24) is 0 Å². The lowest BCUT2D eigenvalue weighted by atomic mass is 10.2. The Kier molecular flexibility index (Phi) is 5.89. The maximum Gasteiger partial charge on any atom is 0.342 e. The summed E-state index contributed by atoms with van der Waals surface area (Å²) in [5.74, 6) is -1.49. The minimum atomic E-state index is -1.09. The Morgan fingerprint density at radius 2 is 1.79 bits per heavy atom. The number of ether oxygens (including phenoxy) is 2. The Hall–Kier alpha value is -2.89. The van der Waals surface area contributed by atoms with Crippen molar-refractivity contribution in [2.45, 2.75) is 20.0 Å². The monoisotopic (exact) mass is 331 g/mol. The summed E-state index contributed by atoms with van der Waals surface area (Å²) in [6.45, 7) is 3.61. The van der Waals surface area contributed by atoms with Crippen LogP contribution in [0.25, 0.3) is 0 Å². The number of para-hydroxylation sites is 2. The van der Waals surface area contributed by atoms with Gasteiger partial charge in [0.2, 0.25) is 0 Å². The molecule has 0 aliphatic rings. The van der Waals surface area contributed by atoms with Crippen molar-refractivity contribution in [1.29, 1.82) is 0 Å². The molecule has 0 saturated carbocycles. The molecule has 2 aromatic carbocycles. The Balaban J connectivity index is 2.03. The molecule has 0 spiro atoms. The van der Waals surface area contributed by atoms with Crippen LogP contribution in [0.5, 0.6) is 5.75 Å². The molecule has 126 valence electrons. The largest absolute Gasteiger partial charge is 0.493 e. The number of halogens is 1. The highest BCUT2D eigenvalue weighted by Gasteiger charge is 2.22. The van der Waals surface area contributed by atoms with E-state index in [1.165, 1.54) is 25.1 Å². The highest BCUT2D eigenvalue weighted by atomic mass is 19.1. The topological polar surface area (TPSA) is 64.6 Å². The lowest BCUT2D eigenvalue weighted by Gasteiger charge is -2.15. The second kappa shape index (κ2) is 8.10. The zero-order valence-corrected chi connectivity index (χ0v) is 13.4. The molecule has 0 aliphatic carbocycles. The number of anilines is 1. The van der Waals surface area contributed by atoms with Gasteiger partial charge in [-0.3, -0.25) is 4.79 Å². The molecule has 0 radical (unpaired) electrons. The van der Waals surface area contributed by atoms with E-state index in [1.54, 1.807) is 37.3 Å². The summed E-state index contributed by atoms with van der Waals surface area (Å²) in [5.41, 5.74) is 0.255. The van der Waals surface area contributed by atoms with E-state index in [1.807, 2.05) is 0 Å². The summed E-state index contributed by atoms with van der Waals surface area (Å²) in [6.07, 6.45) is -1.09. The van der Waals surface area contributed by atoms with E-state index in [-0.39, 0.29) is 11.3 Å². The molecule has 0 aliphatic heterocycles. The van der Waals surface area contributed by atoms with Crippen LogP contribution >= 0.6 is 0 Å². The Morgan fingerprint density at radius 3 is 2.50 bits per heavy atom. The fourth-order valence-corrected chi connectivity index (χ4v) is 1.99. The molecule has 5 nitrogen and oxygen atoms in total. The molecule has 0 heterocycles. The van der Waals surface area contributed by atoms with Gasteiger partial charge in [-0.1, -0.05) is 24.3 Å². The number of hydrogen-bond donors (Lipinski definition) is 1. The Morgan fingerprint density at radius 1 is 1.12 bits per heavy atom. The van der Waals surface area contributed by atoms with Gasteiger partial charge in [-0.25, -0.2) is 9.18 Å². The minimum absolute atomic E-state index is 0.0279. The fourth-order valence-electron chi connectivity index (χ4n) is 1.99. The molecule has 0 aromatic heterocycles. The van der Waals surface area contributed by atoms with E-state index in [9.17, 15) is 14.0 Å². The molecule has 1 N–H and O–H groups in total. The first-order valence-electron chi connectivity index (χ1n) is 7.51. The van der Waals surface area contributed by atoms with Crippen LogP contribution < -0.4 is 10.1 Å². The molecular formula is C18H18FNO4. The maximum atomic E-state index is 13.5. The number of carbonyl (C=O) groups is 2. The number of carbonyl (C=O) groups excluding carboxylic acids is 2. The van der Waals surface area contributed by atoms with E-state index < -0.39 is 23.8 Å². The zero-order chi connectivity index (χ0) is 17.5. The molecule has 1 atom stereocenters. The highest BCUT2D eigenvalue weighted by molar-refractivity contribution is 5.98. The fraction of sp³-hybridized carbons (Fsp3) is 0.222. The molecule has 1 amide bonds. The number of nitrogens with one attached hydrogen (secondary N) is 1. The lowest BCUT2D eigenvalue weighted by Crippen LogP contribution is -2.30. The summed E-state index contributed by atoms with van der Waals surface area (Å²) >= 11 is 0. The van der Waals surface area contributed by atoms with Crippen LogP contribution in [-0.2, 0) is 9.53 Å². The van der Waals surface area contributed by atoms with Crippen LogP contribution in [0, 0.1) is 5.82 Å². The molecular weight excluding hydrogens is 313 g/mol. The van der Waals surface area contributed by atoms with Gasteiger partial charge >= 0.3 is 5.97 Å². The van der Waals surface area contributed by atoms with Crippen molar-refractivity contribution in [2.24, 2.45) is 0 Å². The zero-order valence-electron chi connectivity index (χ0n) is 13.4. The van der Waals surface area contributed by atoms with Crippen LogP contribution in [0.3, 0.4) is 0 Å². The summed E-state index contributed by atoms with van der Waals surface area (Å²) in [6, 6.07) is 12.3. The number of rotatable bonds is 6. The van der Waals surface area contributed by atoms with Gasteiger partial charge in [0.1, 0.15) is 17.1 Å². The van der Waals surface area contributed by atoms with Crippen LogP contribution in [0.1, 0.15) is 24.2 Å². The third kappa shape index (κ3) is 4.32. The van der Waals surface area contributed by atoms with Crippen LogP contribution in [0.2, 0.25) is 0 Å². The summed E-state index contributed by atoms with van der Waals surface area (Å²) in [4.78, 5) is 24.3. The molecule has 0 fully saturated rings. The van der Waals surface area contributed by atoms with Gasteiger partial charge in [0.05, 0.1) is 12.3 Å². The highest BCUT2D eigenvalue weighted by Crippen LogP contribution is 2.20. The minimum Gasteiger partial charge on any atom is -0.493 e. The standard InChI is InChI=1S/C18H18FNO4/c1-3-23-16-11-7-4-8-13(16)18(22)24-12(2)17(21)20-15-10-6-5-9-14(15)19/h4-12H,3H2,1-2H3,(H,20,21)/t12-/m1/s1. The van der Waals surface area contributed by atoms with Crippen molar-refractivity contribution in [3.63, 3.8) is 0 Å². The van der Waals surface area contributed by atoms with Crippen LogP contribution in [-0.4, -0.2) is 24.6 Å². The predicted molar refractivity (Wildman–Crippen MR) is 87.5 cm³/mol. The quantitative estimate of drug-likeness (QED) is 0.824. The molecule has 24 heavy (non-hydrogen) atoms. The molecule has 2 aromatic rings. The van der Waals surface area contributed by atoms with Crippen molar-refractivity contribution in [2.75, 3.05) is 11.9 Å². The SMILES string of the molecule is CCOc1ccccc1C(=O)O[C@H](C)C(=O)Nc1ccccc1F. The maximum absolute atomic E-state index is 13.5. The van der Waals surface area contributed by atoms with Gasteiger partial charge in [0.25, 0.3) is 5.91 Å².